The van der Waals surface area contributed by atoms with Gasteiger partial charge in [0.25, 0.3) is 0 Å². The summed E-state index contributed by atoms with van der Waals surface area (Å²) in [6.45, 7) is 5.78. The van der Waals surface area contributed by atoms with Gasteiger partial charge in [-0.1, -0.05) is 71.4 Å². The molecule has 0 aromatic carbocycles. The van der Waals surface area contributed by atoms with E-state index in [0.717, 1.165) is 34.0 Å². The van der Waals surface area contributed by atoms with Crippen LogP contribution in [0.15, 0.2) is 12.2 Å². The maximum Gasteiger partial charge on any atom is 0.393 e. The van der Waals surface area contributed by atoms with Gasteiger partial charge in [-0.15, -0.1) is 11.6 Å². The summed E-state index contributed by atoms with van der Waals surface area (Å²) in [4.78, 5) is 194. The van der Waals surface area contributed by atoms with Crippen LogP contribution in [0.4, 0.5) is 26.3 Å². The number of amides is 12. The van der Waals surface area contributed by atoms with Crippen molar-refractivity contribution in [3.8, 4) is 0 Å². The van der Waals surface area contributed by atoms with Crippen LogP contribution in [0.25, 0.3) is 0 Å². The molecule has 3 aliphatic heterocycles. The zero-order valence-electron chi connectivity index (χ0n) is 66.5. The van der Waals surface area contributed by atoms with Gasteiger partial charge >= 0.3 is 12.4 Å². The molecule has 2 saturated heterocycles. The van der Waals surface area contributed by atoms with Crippen LogP contribution in [0.1, 0.15) is 201 Å². The van der Waals surface area contributed by atoms with Gasteiger partial charge in [-0.25, -0.2) is 0 Å². The summed E-state index contributed by atoms with van der Waals surface area (Å²) in [5.41, 5.74) is -2.25. The normalized spacial score (nSPS) is 32.1. The average molecular weight is 1580 g/mol. The third-order valence-electron chi connectivity index (χ3n) is 25.1. The molecule has 25 nitrogen and oxygen atoms in total. The molecule has 8 aliphatic rings. The fraction of sp³-hybridized carbons (Fsp3) is 0.821. The van der Waals surface area contributed by atoms with E-state index < -0.39 is 209 Å². The minimum Gasteiger partial charge on any atom is -0.377 e. The maximum absolute atomic E-state index is 15.8. The number of likely N-dealkylation sites (N-methyl/N-ethyl adjacent to an activating group) is 7. The molecule has 5 saturated carbocycles. The van der Waals surface area contributed by atoms with Gasteiger partial charge in [0, 0.05) is 87.9 Å². The van der Waals surface area contributed by atoms with Crippen LogP contribution in [0.5, 0.6) is 0 Å². The van der Waals surface area contributed by atoms with Crippen molar-refractivity contribution >= 4 is 82.5 Å². The summed E-state index contributed by atoms with van der Waals surface area (Å²) in [7, 11) is 11.2. The number of alkyl halides is 7. The highest BCUT2D eigenvalue weighted by Crippen LogP contribution is 2.50. The second-order valence-electron chi connectivity index (χ2n) is 33.9. The van der Waals surface area contributed by atoms with Crippen molar-refractivity contribution in [1.82, 2.24) is 60.0 Å². The number of rotatable bonds is 12. The van der Waals surface area contributed by atoms with Gasteiger partial charge in [0.05, 0.1) is 37.5 Å². The Kier molecular flexibility index (Phi) is 30.6. The number of fused-ring (bicyclic) bond motifs is 3. The minimum atomic E-state index is -4.57. The monoisotopic (exact) mass is 1580 g/mol. The first-order chi connectivity index (χ1) is 51.6. The molecule has 12 amide bonds. The summed E-state index contributed by atoms with van der Waals surface area (Å²) in [5, 5.41) is 7.51. The van der Waals surface area contributed by atoms with E-state index in [9.17, 15) is 45.5 Å². The zero-order chi connectivity index (χ0) is 81.2. The molecule has 3 unspecified atom stereocenters. The van der Waals surface area contributed by atoms with Crippen LogP contribution in [-0.2, 0) is 62.3 Å². The van der Waals surface area contributed by atoms with Crippen molar-refractivity contribution in [3.63, 3.8) is 0 Å². The quantitative estimate of drug-likeness (QED) is 0.0966. The molecule has 110 heavy (non-hydrogen) atoms. The summed E-state index contributed by atoms with van der Waals surface area (Å²) in [6.07, 6.45) is -1.54. The van der Waals surface area contributed by atoms with Gasteiger partial charge in [0.2, 0.25) is 70.9 Å². The first kappa shape index (κ1) is 88.8. The average Bonchev–Trinajstić information content (AvgIpc) is 1.01. The lowest BCUT2D eigenvalue weighted by atomic mass is 9.58. The van der Waals surface area contributed by atoms with E-state index in [1.165, 1.54) is 85.8 Å². The number of ether oxygens (including phenoxy) is 1. The van der Waals surface area contributed by atoms with E-state index >= 15 is 38.4 Å². The van der Waals surface area contributed by atoms with Crippen LogP contribution < -0.4 is 16.0 Å². The molecular weight excluding hydrogens is 1460 g/mol. The molecule has 8 rings (SSSR count). The Balaban J connectivity index is 1.21. The first-order valence-electron chi connectivity index (χ1n) is 40.0. The minimum absolute atomic E-state index is 0.0378. The predicted octanol–water partition coefficient (Wildman–Crippen LogP) is 7.60. The van der Waals surface area contributed by atoms with E-state index in [1.54, 1.807) is 19.1 Å². The highest BCUT2D eigenvalue weighted by Gasteiger charge is 2.60. The molecule has 0 aromatic heterocycles. The van der Waals surface area contributed by atoms with Crippen molar-refractivity contribution in [2.45, 2.75) is 279 Å². The van der Waals surface area contributed by atoms with E-state index in [-0.39, 0.29) is 122 Å². The number of nitrogens with zero attached hydrogens (tertiary/aromatic N) is 9. The molecule has 7 fully saturated rings. The van der Waals surface area contributed by atoms with Crippen molar-refractivity contribution < 1.29 is 88.6 Å². The fourth-order valence-corrected chi connectivity index (χ4v) is 19.5. The number of halogens is 7. The van der Waals surface area contributed by atoms with E-state index in [1.807, 2.05) is 20.8 Å². The van der Waals surface area contributed by atoms with Gasteiger partial charge in [-0.2, -0.15) is 26.3 Å². The summed E-state index contributed by atoms with van der Waals surface area (Å²) in [6, 6.07) is -10.8. The van der Waals surface area contributed by atoms with Gasteiger partial charge in [-0.05, 0) is 158 Å². The predicted molar refractivity (Wildman–Crippen MR) is 397 cm³/mol. The third-order valence-corrected chi connectivity index (χ3v) is 25.5. The molecule has 2 bridgehead atoms. The molecule has 3 heterocycles. The number of carbonyl (C=O) groups excluding carboxylic acids is 12. The van der Waals surface area contributed by atoms with Gasteiger partial charge in [0.1, 0.15) is 53.9 Å². The van der Waals surface area contributed by atoms with E-state index in [4.69, 9.17) is 16.3 Å². The number of hydrogen-bond donors (Lipinski definition) is 3. The summed E-state index contributed by atoms with van der Waals surface area (Å²) in [5.74, 6) is -13.9. The number of carbonyl (C=O) groups is 12. The molecule has 1 spiro atoms. The molecule has 0 radical (unpaired) electrons. The smallest absolute Gasteiger partial charge is 0.377 e. The Morgan fingerprint density at radius 3 is 1.82 bits per heavy atom. The first-order valence-corrected chi connectivity index (χ1v) is 40.4. The van der Waals surface area contributed by atoms with Crippen molar-refractivity contribution in [2.24, 2.45) is 40.9 Å². The van der Waals surface area contributed by atoms with Gasteiger partial charge < -0.3 is 64.8 Å². The molecule has 12 atom stereocenters. The Morgan fingerprint density at radius 2 is 1.23 bits per heavy atom. The molecule has 0 aromatic rings. The number of nitrogens with one attached hydrogen (secondary N) is 3. The molecule has 620 valence electrons. The van der Waals surface area contributed by atoms with E-state index in [0.29, 0.717) is 44.9 Å². The molecule has 3 N–H and O–H groups in total. The summed E-state index contributed by atoms with van der Waals surface area (Å²) >= 11 is 6.45. The Labute approximate surface area is 649 Å². The van der Waals surface area contributed by atoms with Crippen LogP contribution >= 0.6 is 11.6 Å². The van der Waals surface area contributed by atoms with Crippen molar-refractivity contribution in [1.29, 1.82) is 0 Å². The molecular formula is C78H121ClF6N12O13. The summed E-state index contributed by atoms with van der Waals surface area (Å²) < 4.78 is 91.1. The van der Waals surface area contributed by atoms with Gasteiger partial charge in [0.15, 0.2) is 0 Å². The van der Waals surface area contributed by atoms with Crippen molar-refractivity contribution in [2.75, 3.05) is 89.2 Å². The molecule has 32 heteroatoms. The van der Waals surface area contributed by atoms with E-state index in [2.05, 4.69) is 16.0 Å². The van der Waals surface area contributed by atoms with Crippen molar-refractivity contribution in [3.05, 3.63) is 12.2 Å². The maximum atomic E-state index is 15.8. The topological polar surface area (TPSA) is 279 Å². The standard InChI is InChI=1S/C78H121ClF6N12O13/c1-13-23-56-66(101)87-64(49-24-17-15-18-25-49)72(107)91(8)44-63(100)93(10)57-28-19-16-22-37-96(71(57)106)60(39-48-29-33-51(34-30-48)77(80,81)82)70(105)90(7)43-61(98)86-55(36-32-47-31-35-53(54(79)38-47)78(83,84)85)68(103)97-42-52(110-14-2)40-58(97)67(102)88-76(45-75(3,4)46-76)74(109)95(12)65(50-26-20-21-27-50)73(108)94(11)59(69(104)89(5)6)41-62(99)92(56)9/h16,19,47-60,64-65H,13-15,17-18,20-46H2,1-12H3,(H,86,98)(H,87,101)(H,88,102)/b19-16-/t47?,48?,51?,52-,53?,54?,55+,56+,57+,58+,59+,60+,64+,65+/m1/s1. The number of hydrogen-bond acceptors (Lipinski definition) is 13. The largest absolute Gasteiger partial charge is 0.393 e. The van der Waals surface area contributed by atoms with Crippen LogP contribution in [0.3, 0.4) is 0 Å². The Hall–Kier alpha value is -6.79. The highest BCUT2D eigenvalue weighted by molar-refractivity contribution is 6.21. The second-order valence-corrected chi connectivity index (χ2v) is 34.5. The lowest BCUT2D eigenvalue weighted by Crippen LogP contribution is -2.71. The third kappa shape index (κ3) is 21.5. The van der Waals surface area contributed by atoms with Gasteiger partial charge in [-0.3, -0.25) is 57.5 Å². The fourth-order valence-electron chi connectivity index (χ4n) is 18.9. The Bertz CT molecular complexity index is 3320. The molecule has 5 aliphatic carbocycles. The highest BCUT2D eigenvalue weighted by atomic mass is 35.5. The second kappa shape index (κ2) is 37.9. The SMILES string of the molecule is CCC[C@H]1C(=O)N[C@@H](C2CCCCC2)C(=O)N(C)CC(=O)N(C)[C@H]2C/C=C\CCN(C2=O)[C@@H](CC2CCC(C(F)(F)F)CC2)C(=O)N(C)CC(=O)N[C@@H](CCC2CCC(C(F)(F)F)C(Cl)C2)C(=O)N2C[C@H](OCC)C[C@H]2C(=O)NC2(CC(C)(C)C2)C(=O)N(C)[C@@H](C2CCCC2)C(=O)N(C)[C@H](C(=O)N(C)C)CC(=O)N1C. The van der Waals surface area contributed by atoms with Crippen LogP contribution in [0, 0.1) is 40.9 Å². The Morgan fingerprint density at radius 1 is 0.609 bits per heavy atom. The lowest BCUT2D eigenvalue weighted by Gasteiger charge is -2.54. The van der Waals surface area contributed by atoms with Crippen LogP contribution in [0.2, 0.25) is 0 Å². The lowest BCUT2D eigenvalue weighted by molar-refractivity contribution is -0.184. The zero-order valence-corrected chi connectivity index (χ0v) is 67.3. The van der Waals surface area contributed by atoms with Crippen LogP contribution in [-0.4, -0.2) is 282 Å².